The summed E-state index contributed by atoms with van der Waals surface area (Å²) in [5.74, 6) is -0.907. The first kappa shape index (κ1) is 44.8. The van der Waals surface area contributed by atoms with Crippen LogP contribution in [0.2, 0.25) is 0 Å². The van der Waals surface area contributed by atoms with E-state index in [-0.39, 0.29) is 49.2 Å². The summed E-state index contributed by atoms with van der Waals surface area (Å²) in [4.78, 5) is -1.02. The fourth-order valence-corrected chi connectivity index (χ4v) is 9.44. The Kier molecular flexibility index (Phi) is 13.9. The van der Waals surface area contributed by atoms with E-state index in [1.54, 1.807) is 48.5 Å². The zero-order chi connectivity index (χ0) is 42.6. The van der Waals surface area contributed by atoms with Gasteiger partial charge in [0, 0.05) is 0 Å². The van der Waals surface area contributed by atoms with Crippen molar-refractivity contribution in [3.05, 3.63) is 155 Å². The highest BCUT2D eigenvalue weighted by atomic mass is 32.2. The smallest absolute Gasteiger partial charge is 0.282 e. The lowest BCUT2D eigenvalue weighted by Gasteiger charge is -2.31. The lowest BCUT2D eigenvalue weighted by molar-refractivity contribution is 0.413. The Morgan fingerprint density at radius 3 is 0.793 bits per heavy atom. The predicted octanol–water partition coefficient (Wildman–Crippen LogP) is 8.80. The van der Waals surface area contributed by atoms with Gasteiger partial charge in [0.25, 0.3) is 40.5 Å². The van der Waals surface area contributed by atoms with E-state index in [0.717, 1.165) is 33.4 Å². The summed E-state index contributed by atoms with van der Waals surface area (Å²) in [6.45, 7) is 5.96. The average Bonchev–Trinajstić information content (AvgIpc) is 3.16. The summed E-state index contributed by atoms with van der Waals surface area (Å²) in [5, 5.41) is 0. The lowest BCUT2D eigenvalue weighted by atomic mass is 9.73. The van der Waals surface area contributed by atoms with Gasteiger partial charge in [-0.25, -0.2) is 0 Å². The maximum absolute atomic E-state index is 12.0. The van der Waals surface area contributed by atoms with Crippen LogP contribution in [-0.2, 0) is 40.5 Å². The Bertz CT molecular complexity index is 2630. The molecule has 310 valence electrons. The van der Waals surface area contributed by atoms with Crippen LogP contribution in [0.25, 0.3) is 0 Å². The molecule has 0 aliphatic carbocycles. The summed E-state index contributed by atoms with van der Waals surface area (Å²) in [5.41, 5.74) is 5.26. The average molecular weight is 871 g/mol. The third-order valence-corrected chi connectivity index (χ3v) is 14.2. The molecule has 5 aromatic rings. The van der Waals surface area contributed by atoms with Gasteiger partial charge in [0.15, 0.2) is 0 Å². The number of hydrogen-bond donors (Lipinski definition) is 4. The van der Waals surface area contributed by atoms with Gasteiger partial charge >= 0.3 is 0 Å². The molecule has 0 aromatic heterocycles. The van der Waals surface area contributed by atoms with Crippen molar-refractivity contribution in [2.24, 2.45) is 0 Å². The Labute approximate surface area is 341 Å². The van der Waals surface area contributed by atoms with Crippen LogP contribution in [0.5, 0.6) is 0 Å². The van der Waals surface area contributed by atoms with Gasteiger partial charge in [-0.1, -0.05) is 92.2 Å². The highest BCUT2D eigenvalue weighted by molar-refractivity contribution is 7.86. The monoisotopic (exact) mass is 870 g/mol. The van der Waals surface area contributed by atoms with Crippen molar-refractivity contribution in [3.63, 3.8) is 0 Å². The second kappa shape index (κ2) is 17.9. The minimum Gasteiger partial charge on any atom is -0.282 e. The van der Waals surface area contributed by atoms with Crippen LogP contribution in [0.4, 0.5) is 0 Å². The number of rotatable bonds is 17. The molecule has 0 bridgehead atoms. The first-order chi connectivity index (χ1) is 27.0. The largest absolute Gasteiger partial charge is 0.294 e. The van der Waals surface area contributed by atoms with Gasteiger partial charge in [0.2, 0.25) is 0 Å². The minimum atomic E-state index is -4.49. The van der Waals surface area contributed by atoms with Crippen molar-refractivity contribution in [2.45, 2.75) is 95.6 Å². The number of hydrogen-bond acceptors (Lipinski definition) is 8. The molecule has 0 saturated heterocycles. The molecule has 0 radical (unpaired) electrons. The van der Waals surface area contributed by atoms with Crippen molar-refractivity contribution in [3.8, 4) is 0 Å². The van der Waals surface area contributed by atoms with E-state index in [0.29, 0.717) is 25.7 Å². The molecule has 5 atom stereocenters. The summed E-state index contributed by atoms with van der Waals surface area (Å²) in [6.07, 6.45) is 2.10. The molecule has 0 heterocycles. The SMILES string of the molecule is Cc1ccc(C(CC(C)c2ccc(S(=O)(=O)O)cc2)CC(CC(CC(C)c2ccc(S(=O)(=O)O)cc2)c2ccc(S(=O)(=O)O)cc2)c2ccc(S(=O)(=O)O)cc2)cc1. The normalized spacial score (nSPS) is 15.3. The lowest BCUT2D eigenvalue weighted by Crippen LogP contribution is -2.15. The van der Waals surface area contributed by atoms with Gasteiger partial charge in [-0.3, -0.25) is 18.2 Å². The molecular formula is C42H46O12S4. The van der Waals surface area contributed by atoms with Gasteiger partial charge < -0.3 is 0 Å². The Hall–Kier alpha value is -4.26. The van der Waals surface area contributed by atoms with Crippen LogP contribution in [-0.4, -0.2) is 51.9 Å². The molecule has 0 fully saturated rings. The fourth-order valence-electron chi connectivity index (χ4n) is 7.52. The van der Waals surface area contributed by atoms with Crippen LogP contribution in [0.15, 0.2) is 141 Å². The van der Waals surface area contributed by atoms with E-state index in [1.807, 2.05) is 32.9 Å². The molecule has 5 aromatic carbocycles. The Balaban J connectivity index is 1.58. The van der Waals surface area contributed by atoms with Gasteiger partial charge in [-0.15, -0.1) is 0 Å². The molecule has 12 nitrogen and oxygen atoms in total. The van der Waals surface area contributed by atoms with Crippen molar-refractivity contribution in [1.82, 2.24) is 0 Å². The van der Waals surface area contributed by atoms with Crippen LogP contribution in [0.3, 0.4) is 0 Å². The highest BCUT2D eigenvalue weighted by Crippen LogP contribution is 2.44. The summed E-state index contributed by atoms with van der Waals surface area (Å²) in [7, 11) is -17.8. The molecule has 0 amide bonds. The van der Waals surface area contributed by atoms with Gasteiger partial charge in [0.1, 0.15) is 0 Å². The van der Waals surface area contributed by atoms with Crippen LogP contribution in [0.1, 0.15) is 103 Å². The Morgan fingerprint density at radius 2 is 0.552 bits per heavy atom. The molecular weight excluding hydrogens is 825 g/mol. The van der Waals surface area contributed by atoms with Crippen molar-refractivity contribution < 1.29 is 51.9 Å². The molecule has 5 unspecified atom stereocenters. The molecule has 5 rings (SSSR count). The number of benzene rings is 5. The summed E-state index contributed by atoms with van der Waals surface area (Å²) >= 11 is 0. The standard InChI is InChI=1S/C42H46O12S4/c1-28-4-6-33(7-5-28)36(24-29(2)31-8-16-39(17-9-31)55(43,44)45)26-38(35-14-22-42(23-15-35)58(52,53)54)27-37(34-12-20-41(21-13-34)57(49,50)51)25-30(3)32-10-18-40(19-11-32)56(46,47)48/h4-23,29-30,36-38H,24-27H2,1-3H3,(H,43,44,45)(H,46,47,48)(H,49,50,51)(H,52,53,54). The van der Waals surface area contributed by atoms with E-state index in [1.165, 1.54) is 48.5 Å². The topological polar surface area (TPSA) is 217 Å². The van der Waals surface area contributed by atoms with Gasteiger partial charge in [-0.2, -0.15) is 33.7 Å². The first-order valence-corrected chi connectivity index (χ1v) is 24.1. The number of aryl methyl sites for hydroxylation is 1. The zero-order valence-electron chi connectivity index (χ0n) is 32.0. The van der Waals surface area contributed by atoms with Crippen molar-refractivity contribution >= 4 is 40.5 Å². The van der Waals surface area contributed by atoms with Gasteiger partial charge in [-0.05, 0) is 139 Å². The minimum absolute atomic E-state index is 0.0844. The van der Waals surface area contributed by atoms with Crippen LogP contribution >= 0.6 is 0 Å². The molecule has 4 N–H and O–H groups in total. The van der Waals surface area contributed by atoms with Crippen molar-refractivity contribution in [2.75, 3.05) is 0 Å². The molecule has 0 saturated carbocycles. The Morgan fingerprint density at radius 1 is 0.345 bits per heavy atom. The fraction of sp³-hybridized carbons (Fsp3) is 0.286. The van der Waals surface area contributed by atoms with Crippen LogP contribution < -0.4 is 0 Å². The third-order valence-electron chi connectivity index (χ3n) is 10.8. The summed E-state index contributed by atoms with van der Waals surface area (Å²) in [6, 6.07) is 32.0. The molecule has 16 heteroatoms. The first-order valence-electron chi connectivity index (χ1n) is 18.4. The maximum Gasteiger partial charge on any atom is 0.294 e. The van der Waals surface area contributed by atoms with E-state index in [4.69, 9.17) is 0 Å². The van der Waals surface area contributed by atoms with E-state index >= 15 is 0 Å². The molecule has 0 aliphatic rings. The van der Waals surface area contributed by atoms with Crippen molar-refractivity contribution in [1.29, 1.82) is 0 Å². The maximum atomic E-state index is 12.0. The summed E-state index contributed by atoms with van der Waals surface area (Å²) < 4.78 is 133. The van der Waals surface area contributed by atoms with E-state index < -0.39 is 40.5 Å². The molecule has 58 heavy (non-hydrogen) atoms. The predicted molar refractivity (Wildman–Crippen MR) is 220 cm³/mol. The zero-order valence-corrected chi connectivity index (χ0v) is 35.2. The highest BCUT2D eigenvalue weighted by Gasteiger charge is 2.28. The molecule has 0 aliphatic heterocycles. The van der Waals surface area contributed by atoms with E-state index in [9.17, 15) is 51.9 Å². The second-order valence-corrected chi connectivity index (χ2v) is 20.6. The molecule has 0 spiro atoms. The van der Waals surface area contributed by atoms with Crippen LogP contribution in [0, 0.1) is 6.92 Å². The van der Waals surface area contributed by atoms with E-state index in [2.05, 4.69) is 12.1 Å². The third kappa shape index (κ3) is 11.9. The second-order valence-electron chi connectivity index (χ2n) is 14.9. The van der Waals surface area contributed by atoms with Gasteiger partial charge in [0.05, 0.1) is 19.6 Å². The quantitative estimate of drug-likeness (QED) is 0.0645.